The quantitative estimate of drug-likeness (QED) is 0.560. The molecule has 0 aliphatic heterocycles. The first-order valence-corrected chi connectivity index (χ1v) is 8.83. The minimum atomic E-state index is -0.429. The maximum absolute atomic E-state index is 12.5. The molecule has 0 aliphatic rings. The number of hydrogen-bond donors (Lipinski definition) is 2. The van der Waals surface area contributed by atoms with Gasteiger partial charge in [0.05, 0.1) is 19.0 Å². The van der Waals surface area contributed by atoms with Crippen LogP contribution < -0.4 is 10.1 Å². The van der Waals surface area contributed by atoms with Crippen molar-refractivity contribution in [3.05, 3.63) is 84.2 Å². The van der Waals surface area contributed by atoms with Gasteiger partial charge in [0.15, 0.2) is 11.4 Å². The molecule has 140 valence electrons. The van der Waals surface area contributed by atoms with Crippen molar-refractivity contribution in [1.29, 1.82) is 0 Å². The standard InChI is InChI=1S/C22H19N3O3/c1-28-19-10-9-16-11-15(7-8-17(16)12-19)13-23-22(27)21-20(26)14-25(24-21)18-5-3-2-4-6-18/h2-12,14,26H,13H2,1H3,(H,23,27). The Morgan fingerprint density at radius 3 is 2.61 bits per heavy atom. The van der Waals surface area contributed by atoms with E-state index in [9.17, 15) is 9.90 Å². The van der Waals surface area contributed by atoms with E-state index in [4.69, 9.17) is 4.74 Å². The zero-order valence-corrected chi connectivity index (χ0v) is 15.3. The lowest BCUT2D eigenvalue weighted by Gasteiger charge is -2.07. The fourth-order valence-electron chi connectivity index (χ4n) is 3.02. The Morgan fingerprint density at radius 2 is 1.82 bits per heavy atom. The molecule has 4 aromatic rings. The number of rotatable bonds is 5. The van der Waals surface area contributed by atoms with Crippen LogP contribution in [0, 0.1) is 0 Å². The predicted octanol–water partition coefficient (Wildman–Crippen LogP) is 3.67. The molecule has 6 nitrogen and oxygen atoms in total. The van der Waals surface area contributed by atoms with E-state index in [-0.39, 0.29) is 11.4 Å². The monoisotopic (exact) mass is 373 g/mol. The average Bonchev–Trinajstić information content (AvgIpc) is 3.14. The summed E-state index contributed by atoms with van der Waals surface area (Å²) in [5.74, 6) is 0.215. The van der Waals surface area contributed by atoms with Crippen molar-refractivity contribution in [2.45, 2.75) is 6.54 Å². The molecule has 0 saturated heterocycles. The van der Waals surface area contributed by atoms with Crippen LogP contribution in [-0.2, 0) is 6.54 Å². The molecular weight excluding hydrogens is 354 g/mol. The van der Waals surface area contributed by atoms with Gasteiger partial charge in [0, 0.05) is 6.54 Å². The van der Waals surface area contributed by atoms with E-state index in [1.165, 1.54) is 10.9 Å². The van der Waals surface area contributed by atoms with E-state index in [2.05, 4.69) is 10.4 Å². The molecule has 0 fully saturated rings. The van der Waals surface area contributed by atoms with Gasteiger partial charge < -0.3 is 15.2 Å². The second kappa shape index (κ2) is 7.44. The van der Waals surface area contributed by atoms with Crippen LogP contribution in [0.3, 0.4) is 0 Å². The molecule has 0 aliphatic carbocycles. The zero-order valence-electron chi connectivity index (χ0n) is 15.3. The SMILES string of the molecule is COc1ccc2cc(CNC(=O)c3nn(-c4ccccc4)cc3O)ccc2c1. The van der Waals surface area contributed by atoms with Gasteiger partial charge in [-0.25, -0.2) is 4.68 Å². The van der Waals surface area contributed by atoms with Crippen molar-refractivity contribution in [3.63, 3.8) is 0 Å². The van der Waals surface area contributed by atoms with E-state index in [0.29, 0.717) is 6.54 Å². The summed E-state index contributed by atoms with van der Waals surface area (Å²) >= 11 is 0. The van der Waals surface area contributed by atoms with Crippen molar-refractivity contribution < 1.29 is 14.6 Å². The molecular formula is C22H19N3O3. The van der Waals surface area contributed by atoms with Crippen LogP contribution in [0.2, 0.25) is 0 Å². The molecule has 3 aromatic carbocycles. The average molecular weight is 373 g/mol. The van der Waals surface area contributed by atoms with Crippen LogP contribution >= 0.6 is 0 Å². The molecule has 1 heterocycles. The Morgan fingerprint density at radius 1 is 1.07 bits per heavy atom. The minimum absolute atomic E-state index is 0.00521. The molecule has 0 bridgehead atoms. The van der Waals surface area contributed by atoms with Gasteiger partial charge >= 0.3 is 0 Å². The minimum Gasteiger partial charge on any atom is -0.504 e. The van der Waals surface area contributed by atoms with Gasteiger partial charge in [-0.2, -0.15) is 5.10 Å². The number of carbonyl (C=O) groups excluding carboxylic acids is 1. The van der Waals surface area contributed by atoms with E-state index in [1.54, 1.807) is 7.11 Å². The van der Waals surface area contributed by atoms with Crippen LogP contribution in [0.5, 0.6) is 11.5 Å². The molecule has 0 spiro atoms. The third-order valence-corrected chi connectivity index (χ3v) is 4.50. The highest BCUT2D eigenvalue weighted by Gasteiger charge is 2.16. The third-order valence-electron chi connectivity index (χ3n) is 4.50. The van der Waals surface area contributed by atoms with Gasteiger partial charge in [-0.05, 0) is 46.7 Å². The number of benzene rings is 3. The number of para-hydroxylation sites is 1. The van der Waals surface area contributed by atoms with E-state index in [0.717, 1.165) is 27.8 Å². The van der Waals surface area contributed by atoms with Crippen LogP contribution in [0.25, 0.3) is 16.5 Å². The highest BCUT2D eigenvalue weighted by atomic mass is 16.5. The number of fused-ring (bicyclic) bond motifs is 1. The summed E-state index contributed by atoms with van der Waals surface area (Å²) in [4.78, 5) is 12.5. The number of ether oxygens (including phenoxy) is 1. The van der Waals surface area contributed by atoms with Crippen molar-refractivity contribution in [3.8, 4) is 17.2 Å². The van der Waals surface area contributed by atoms with Crippen molar-refractivity contribution >= 4 is 16.7 Å². The van der Waals surface area contributed by atoms with E-state index >= 15 is 0 Å². The second-order valence-electron chi connectivity index (χ2n) is 6.37. The first-order chi connectivity index (χ1) is 13.6. The van der Waals surface area contributed by atoms with Crippen LogP contribution in [0.1, 0.15) is 16.1 Å². The number of hydrogen-bond acceptors (Lipinski definition) is 4. The predicted molar refractivity (Wildman–Crippen MR) is 107 cm³/mol. The largest absolute Gasteiger partial charge is 0.504 e. The molecule has 0 saturated carbocycles. The Kier molecular flexibility index (Phi) is 4.68. The van der Waals surface area contributed by atoms with Gasteiger partial charge in [0.25, 0.3) is 5.91 Å². The topological polar surface area (TPSA) is 76.4 Å². The highest BCUT2D eigenvalue weighted by Crippen LogP contribution is 2.22. The number of nitrogens with one attached hydrogen (secondary N) is 1. The number of aromatic nitrogens is 2. The van der Waals surface area contributed by atoms with Gasteiger partial charge in [-0.3, -0.25) is 4.79 Å². The summed E-state index contributed by atoms with van der Waals surface area (Å²) in [6.45, 7) is 0.332. The molecule has 2 N–H and O–H groups in total. The number of carbonyl (C=O) groups is 1. The highest BCUT2D eigenvalue weighted by molar-refractivity contribution is 5.94. The molecule has 1 aromatic heterocycles. The smallest absolute Gasteiger partial charge is 0.275 e. The molecule has 0 radical (unpaired) electrons. The Hall–Kier alpha value is -3.80. The van der Waals surface area contributed by atoms with Crippen molar-refractivity contribution in [2.24, 2.45) is 0 Å². The molecule has 4 rings (SSSR count). The third kappa shape index (κ3) is 3.53. The van der Waals surface area contributed by atoms with Gasteiger partial charge in [-0.1, -0.05) is 36.4 Å². The number of amides is 1. The van der Waals surface area contributed by atoms with E-state index < -0.39 is 5.91 Å². The van der Waals surface area contributed by atoms with Crippen LogP contribution in [-0.4, -0.2) is 27.9 Å². The Labute approximate surface area is 162 Å². The first kappa shape index (κ1) is 17.6. The van der Waals surface area contributed by atoms with Crippen LogP contribution in [0.4, 0.5) is 0 Å². The van der Waals surface area contributed by atoms with Crippen molar-refractivity contribution in [1.82, 2.24) is 15.1 Å². The Balaban J connectivity index is 1.49. The normalized spacial score (nSPS) is 10.8. The number of methoxy groups -OCH3 is 1. The zero-order chi connectivity index (χ0) is 19.5. The fourth-order valence-corrected chi connectivity index (χ4v) is 3.02. The van der Waals surface area contributed by atoms with Crippen LogP contribution in [0.15, 0.2) is 72.9 Å². The number of nitrogens with zero attached hydrogens (tertiary/aromatic N) is 2. The lowest BCUT2D eigenvalue weighted by atomic mass is 10.1. The summed E-state index contributed by atoms with van der Waals surface area (Å²) in [6, 6.07) is 21.1. The maximum atomic E-state index is 12.5. The Bertz CT molecular complexity index is 1140. The molecule has 0 unspecified atom stereocenters. The van der Waals surface area contributed by atoms with Crippen molar-refractivity contribution in [2.75, 3.05) is 7.11 Å². The van der Waals surface area contributed by atoms with Gasteiger partial charge in [0.1, 0.15) is 5.75 Å². The molecule has 6 heteroatoms. The lowest BCUT2D eigenvalue weighted by Crippen LogP contribution is -2.23. The maximum Gasteiger partial charge on any atom is 0.275 e. The summed E-state index contributed by atoms with van der Waals surface area (Å²) in [6.07, 6.45) is 1.42. The fraction of sp³-hybridized carbons (Fsp3) is 0.0909. The summed E-state index contributed by atoms with van der Waals surface area (Å²) in [7, 11) is 1.64. The molecule has 0 atom stereocenters. The molecule has 1 amide bonds. The molecule has 28 heavy (non-hydrogen) atoms. The number of aromatic hydroxyl groups is 1. The second-order valence-corrected chi connectivity index (χ2v) is 6.37. The first-order valence-electron chi connectivity index (χ1n) is 8.83. The summed E-state index contributed by atoms with van der Waals surface area (Å²) < 4.78 is 6.72. The summed E-state index contributed by atoms with van der Waals surface area (Å²) in [5, 5.41) is 19.2. The van der Waals surface area contributed by atoms with Gasteiger partial charge in [-0.15, -0.1) is 0 Å². The summed E-state index contributed by atoms with van der Waals surface area (Å²) in [5.41, 5.74) is 1.71. The van der Waals surface area contributed by atoms with E-state index in [1.807, 2.05) is 66.7 Å². The van der Waals surface area contributed by atoms with Gasteiger partial charge in [0.2, 0.25) is 0 Å². The lowest BCUT2D eigenvalue weighted by molar-refractivity contribution is 0.0943.